The minimum Gasteiger partial charge on any atom is -0.497 e. The number of piperidine rings is 1. The summed E-state index contributed by atoms with van der Waals surface area (Å²) < 4.78 is 10.7. The van der Waals surface area contributed by atoms with Crippen molar-refractivity contribution in [3.63, 3.8) is 0 Å². The first kappa shape index (κ1) is 19.6. The highest BCUT2D eigenvalue weighted by Gasteiger charge is 2.30. The number of nitrogens with one attached hydrogen (secondary N) is 1. The molecule has 0 saturated carbocycles. The van der Waals surface area contributed by atoms with Crippen molar-refractivity contribution in [3.05, 3.63) is 24.3 Å². The SMILES string of the molecule is COc1cccc(NC(=O)C[C@H]2COCCN2C(=O)CN2CCCCC2)c1. The fourth-order valence-corrected chi connectivity index (χ4v) is 3.68. The van der Waals surface area contributed by atoms with Crippen molar-refractivity contribution < 1.29 is 19.1 Å². The van der Waals surface area contributed by atoms with Crippen LogP contribution in [0.15, 0.2) is 24.3 Å². The van der Waals surface area contributed by atoms with Crippen LogP contribution in [0.2, 0.25) is 0 Å². The molecule has 1 N–H and O–H groups in total. The third-order valence-electron chi connectivity index (χ3n) is 5.13. The highest BCUT2D eigenvalue weighted by atomic mass is 16.5. The number of morpholine rings is 1. The number of anilines is 1. The molecule has 2 amide bonds. The largest absolute Gasteiger partial charge is 0.497 e. The number of ether oxygens (including phenoxy) is 2. The summed E-state index contributed by atoms with van der Waals surface area (Å²) in [5.74, 6) is 0.654. The summed E-state index contributed by atoms with van der Waals surface area (Å²) in [4.78, 5) is 29.3. The van der Waals surface area contributed by atoms with Crippen LogP contribution in [-0.2, 0) is 14.3 Å². The van der Waals surface area contributed by atoms with Crippen molar-refractivity contribution in [1.82, 2.24) is 9.80 Å². The monoisotopic (exact) mass is 375 g/mol. The van der Waals surface area contributed by atoms with Gasteiger partial charge in [-0.2, -0.15) is 0 Å². The van der Waals surface area contributed by atoms with Crippen molar-refractivity contribution in [2.24, 2.45) is 0 Å². The molecule has 2 fully saturated rings. The van der Waals surface area contributed by atoms with Gasteiger partial charge in [0.25, 0.3) is 0 Å². The normalized spacial score (nSPS) is 20.9. The number of hydrogen-bond donors (Lipinski definition) is 1. The fourth-order valence-electron chi connectivity index (χ4n) is 3.68. The van der Waals surface area contributed by atoms with Gasteiger partial charge in [-0.15, -0.1) is 0 Å². The van der Waals surface area contributed by atoms with Crippen molar-refractivity contribution in [2.45, 2.75) is 31.7 Å². The van der Waals surface area contributed by atoms with E-state index in [0.717, 1.165) is 25.9 Å². The molecule has 3 rings (SSSR count). The quantitative estimate of drug-likeness (QED) is 0.820. The number of likely N-dealkylation sites (tertiary alicyclic amines) is 1. The zero-order valence-corrected chi connectivity index (χ0v) is 16.0. The number of benzene rings is 1. The van der Waals surface area contributed by atoms with Gasteiger partial charge in [0, 0.05) is 24.7 Å². The first-order chi connectivity index (χ1) is 13.2. The molecule has 0 unspecified atom stereocenters. The number of carbonyl (C=O) groups is 2. The van der Waals surface area contributed by atoms with E-state index in [1.165, 1.54) is 6.42 Å². The molecule has 0 bridgehead atoms. The molecular weight excluding hydrogens is 346 g/mol. The molecule has 2 heterocycles. The highest BCUT2D eigenvalue weighted by Crippen LogP contribution is 2.18. The fraction of sp³-hybridized carbons (Fsp3) is 0.600. The van der Waals surface area contributed by atoms with Crippen LogP contribution in [0.25, 0.3) is 0 Å². The second-order valence-corrected chi connectivity index (χ2v) is 7.14. The molecule has 0 spiro atoms. The summed E-state index contributed by atoms with van der Waals surface area (Å²) in [6, 6.07) is 7.02. The number of nitrogens with zero attached hydrogens (tertiary/aromatic N) is 2. The molecule has 7 nitrogen and oxygen atoms in total. The van der Waals surface area contributed by atoms with Crippen molar-refractivity contribution in [2.75, 3.05) is 51.8 Å². The molecule has 2 aliphatic rings. The number of rotatable bonds is 6. The second-order valence-electron chi connectivity index (χ2n) is 7.14. The zero-order chi connectivity index (χ0) is 19.1. The van der Waals surface area contributed by atoms with Gasteiger partial charge in [0.1, 0.15) is 5.75 Å². The van der Waals surface area contributed by atoms with Crippen LogP contribution in [-0.4, -0.2) is 74.2 Å². The van der Waals surface area contributed by atoms with E-state index in [4.69, 9.17) is 9.47 Å². The Kier molecular flexibility index (Phi) is 7.06. The van der Waals surface area contributed by atoms with Crippen molar-refractivity contribution in [1.29, 1.82) is 0 Å². The standard InChI is InChI=1S/C20H29N3O4/c1-26-18-7-5-6-16(12-18)21-19(24)13-17-15-27-11-10-23(17)20(25)14-22-8-3-2-4-9-22/h5-7,12,17H,2-4,8-11,13-15H2,1H3,(H,21,24)/t17-/m0/s1. The zero-order valence-electron chi connectivity index (χ0n) is 16.0. The van der Waals surface area contributed by atoms with Gasteiger partial charge in [0.2, 0.25) is 11.8 Å². The lowest BCUT2D eigenvalue weighted by Gasteiger charge is -2.37. The molecule has 2 aliphatic heterocycles. The van der Waals surface area contributed by atoms with Crippen molar-refractivity contribution >= 4 is 17.5 Å². The average Bonchev–Trinajstić information content (AvgIpc) is 2.69. The van der Waals surface area contributed by atoms with E-state index < -0.39 is 0 Å². The third-order valence-corrected chi connectivity index (χ3v) is 5.13. The van der Waals surface area contributed by atoms with Gasteiger partial charge >= 0.3 is 0 Å². The van der Waals surface area contributed by atoms with E-state index in [1.54, 1.807) is 13.2 Å². The molecule has 0 radical (unpaired) electrons. The van der Waals surface area contributed by atoms with E-state index >= 15 is 0 Å². The summed E-state index contributed by atoms with van der Waals surface area (Å²) in [5.41, 5.74) is 0.683. The van der Waals surface area contributed by atoms with E-state index in [9.17, 15) is 9.59 Å². The van der Waals surface area contributed by atoms with Crippen LogP contribution < -0.4 is 10.1 Å². The Bertz CT molecular complexity index is 646. The van der Waals surface area contributed by atoms with Gasteiger partial charge in [-0.05, 0) is 38.1 Å². The molecule has 1 atom stereocenters. The molecule has 2 saturated heterocycles. The Labute approximate surface area is 160 Å². The lowest BCUT2D eigenvalue weighted by Crippen LogP contribution is -2.53. The summed E-state index contributed by atoms with van der Waals surface area (Å²) in [6.07, 6.45) is 3.78. The van der Waals surface area contributed by atoms with E-state index in [0.29, 0.717) is 37.7 Å². The first-order valence-corrected chi connectivity index (χ1v) is 9.69. The predicted molar refractivity (Wildman–Crippen MR) is 103 cm³/mol. The van der Waals surface area contributed by atoms with Crippen molar-refractivity contribution in [3.8, 4) is 5.75 Å². The Balaban J connectivity index is 1.55. The number of hydrogen-bond acceptors (Lipinski definition) is 5. The maximum Gasteiger partial charge on any atom is 0.237 e. The van der Waals surface area contributed by atoms with Gasteiger partial charge in [-0.1, -0.05) is 12.5 Å². The Hall–Kier alpha value is -2.12. The Morgan fingerprint density at radius 2 is 2.04 bits per heavy atom. The van der Waals surface area contributed by atoms with Crippen LogP contribution in [0.3, 0.4) is 0 Å². The highest BCUT2D eigenvalue weighted by molar-refractivity contribution is 5.91. The number of carbonyl (C=O) groups excluding carboxylic acids is 2. The third kappa shape index (κ3) is 5.68. The summed E-state index contributed by atoms with van der Waals surface area (Å²) >= 11 is 0. The number of amides is 2. The smallest absolute Gasteiger partial charge is 0.237 e. The maximum atomic E-state index is 12.8. The van der Waals surface area contributed by atoms with Crippen LogP contribution >= 0.6 is 0 Å². The molecule has 148 valence electrons. The number of methoxy groups -OCH3 is 1. The first-order valence-electron chi connectivity index (χ1n) is 9.69. The minimum atomic E-state index is -0.221. The Morgan fingerprint density at radius 3 is 2.81 bits per heavy atom. The van der Waals surface area contributed by atoms with Crippen LogP contribution in [0.4, 0.5) is 5.69 Å². The van der Waals surface area contributed by atoms with Gasteiger partial charge in [-0.25, -0.2) is 0 Å². The molecule has 1 aromatic rings. The van der Waals surface area contributed by atoms with Gasteiger partial charge < -0.3 is 19.7 Å². The van der Waals surface area contributed by atoms with E-state index in [-0.39, 0.29) is 24.3 Å². The second kappa shape index (κ2) is 9.71. The molecular formula is C20H29N3O4. The van der Waals surface area contributed by atoms with E-state index in [1.807, 2.05) is 23.1 Å². The lowest BCUT2D eigenvalue weighted by atomic mass is 10.1. The van der Waals surface area contributed by atoms with E-state index in [2.05, 4.69) is 10.2 Å². The molecule has 0 aromatic heterocycles. The Morgan fingerprint density at radius 1 is 1.22 bits per heavy atom. The minimum absolute atomic E-state index is 0.0966. The molecule has 7 heteroatoms. The van der Waals surface area contributed by atoms with Crippen LogP contribution in [0, 0.1) is 0 Å². The molecule has 1 aromatic carbocycles. The molecule has 0 aliphatic carbocycles. The van der Waals surface area contributed by atoms with Crippen LogP contribution in [0.5, 0.6) is 5.75 Å². The summed E-state index contributed by atoms with van der Waals surface area (Å²) in [7, 11) is 1.59. The summed E-state index contributed by atoms with van der Waals surface area (Å²) in [5, 5.41) is 2.88. The topological polar surface area (TPSA) is 71.1 Å². The van der Waals surface area contributed by atoms with Gasteiger partial charge in [0.15, 0.2) is 0 Å². The molecule has 27 heavy (non-hydrogen) atoms. The summed E-state index contributed by atoms with van der Waals surface area (Å²) in [6.45, 7) is 3.88. The average molecular weight is 375 g/mol. The van der Waals surface area contributed by atoms with Gasteiger partial charge in [-0.3, -0.25) is 14.5 Å². The lowest BCUT2D eigenvalue weighted by molar-refractivity contribution is -0.142. The maximum absolute atomic E-state index is 12.8. The van der Waals surface area contributed by atoms with Gasteiger partial charge in [0.05, 0.1) is 32.9 Å². The van der Waals surface area contributed by atoms with Crippen LogP contribution in [0.1, 0.15) is 25.7 Å². The predicted octanol–water partition coefficient (Wildman–Crippen LogP) is 1.74.